The summed E-state index contributed by atoms with van der Waals surface area (Å²) in [5, 5.41) is 17.3. The molecule has 1 spiro atoms. The van der Waals surface area contributed by atoms with Gasteiger partial charge in [0.2, 0.25) is 20.0 Å². The van der Waals surface area contributed by atoms with Crippen LogP contribution in [-0.2, 0) is 20.0 Å². The van der Waals surface area contributed by atoms with Crippen LogP contribution in [0.3, 0.4) is 0 Å². The third-order valence-corrected chi connectivity index (χ3v) is 11.0. The number of piperidine rings is 1. The van der Waals surface area contributed by atoms with Crippen LogP contribution in [-0.4, -0.2) is 90.7 Å². The van der Waals surface area contributed by atoms with Gasteiger partial charge in [-0.1, -0.05) is 5.21 Å². The molecule has 1 saturated carbocycles. The van der Waals surface area contributed by atoms with Crippen molar-refractivity contribution in [3.8, 4) is 16.9 Å². The largest absolute Gasteiger partial charge is 0.395 e. The lowest BCUT2D eigenvalue weighted by Gasteiger charge is -2.37. The van der Waals surface area contributed by atoms with Gasteiger partial charge in [0.25, 0.3) is 5.92 Å². The van der Waals surface area contributed by atoms with E-state index in [1.54, 1.807) is 6.07 Å². The zero-order valence-corrected chi connectivity index (χ0v) is 23.9. The Balaban J connectivity index is 1.30. The minimum absolute atomic E-state index is 0.122. The van der Waals surface area contributed by atoms with E-state index in [0.717, 1.165) is 25.0 Å². The number of aromatic nitrogens is 4. The van der Waals surface area contributed by atoms with Gasteiger partial charge in [0.05, 0.1) is 43.0 Å². The van der Waals surface area contributed by atoms with Crippen molar-refractivity contribution in [1.82, 2.24) is 24.3 Å². The molecule has 6 rings (SSSR count). The molecule has 3 aliphatic rings. The molecule has 1 aliphatic carbocycles. The number of sulfonamides is 2. The highest BCUT2D eigenvalue weighted by Gasteiger charge is 2.50. The molecule has 4 heterocycles. The van der Waals surface area contributed by atoms with Crippen LogP contribution in [0.5, 0.6) is 0 Å². The van der Waals surface area contributed by atoms with Crippen molar-refractivity contribution in [2.75, 3.05) is 48.2 Å². The van der Waals surface area contributed by atoms with Crippen molar-refractivity contribution in [1.29, 1.82) is 0 Å². The van der Waals surface area contributed by atoms with Gasteiger partial charge < -0.3 is 10.0 Å². The predicted octanol–water partition coefficient (Wildman–Crippen LogP) is 2.22. The van der Waals surface area contributed by atoms with E-state index in [0.29, 0.717) is 39.8 Å². The number of hydrogen-bond acceptors (Lipinski definition) is 9. The maximum atomic E-state index is 14.5. The zero-order valence-electron chi connectivity index (χ0n) is 22.2. The van der Waals surface area contributed by atoms with Gasteiger partial charge in [-0.3, -0.25) is 4.72 Å². The van der Waals surface area contributed by atoms with Gasteiger partial charge in [0.1, 0.15) is 16.4 Å². The monoisotopic (exact) mass is 627 g/mol. The summed E-state index contributed by atoms with van der Waals surface area (Å²) in [5.41, 5.74) is 1.86. The molecular formula is C25H28F3N7O5S2. The molecule has 2 aliphatic heterocycles. The van der Waals surface area contributed by atoms with Crippen molar-refractivity contribution < 1.29 is 35.1 Å². The number of benzene rings is 1. The fraction of sp³-hybridized carbons (Fsp3) is 0.480. The number of rotatable bonds is 9. The molecule has 2 N–H and O–H groups in total. The van der Waals surface area contributed by atoms with E-state index in [4.69, 9.17) is 5.11 Å². The number of aliphatic hydroxyl groups excluding tert-OH is 1. The lowest BCUT2D eigenvalue weighted by molar-refractivity contribution is -0.0945. The van der Waals surface area contributed by atoms with Crippen molar-refractivity contribution in [3.05, 3.63) is 42.5 Å². The highest BCUT2D eigenvalue weighted by atomic mass is 32.2. The molecule has 226 valence electrons. The summed E-state index contributed by atoms with van der Waals surface area (Å²) in [4.78, 5) is 5.65. The van der Waals surface area contributed by atoms with Gasteiger partial charge in [-0.25, -0.2) is 39.7 Å². The smallest absolute Gasteiger partial charge is 0.275 e. The molecule has 0 radical (unpaired) electrons. The summed E-state index contributed by atoms with van der Waals surface area (Å²) in [6.45, 7) is -1.17. The third-order valence-electron chi connectivity index (χ3n) is 8.00. The summed E-state index contributed by atoms with van der Waals surface area (Å²) in [7, 11) is -8.34. The topological polar surface area (TPSA) is 151 Å². The molecule has 17 heteroatoms. The molecule has 42 heavy (non-hydrogen) atoms. The number of nitrogens with one attached hydrogen (secondary N) is 1. The summed E-state index contributed by atoms with van der Waals surface area (Å²) in [6.07, 6.45) is 7.20. The number of pyridine rings is 1. The Hall–Kier alpha value is -3.28. The lowest BCUT2D eigenvalue weighted by atomic mass is 9.93. The second-order valence-corrected chi connectivity index (χ2v) is 14.8. The van der Waals surface area contributed by atoms with E-state index in [1.165, 1.54) is 36.0 Å². The molecular weight excluding hydrogens is 599 g/mol. The first-order valence-corrected chi connectivity index (χ1v) is 16.4. The fourth-order valence-corrected chi connectivity index (χ4v) is 7.64. The Morgan fingerprint density at radius 2 is 1.74 bits per heavy atom. The van der Waals surface area contributed by atoms with Gasteiger partial charge in [0, 0.05) is 24.8 Å². The number of anilines is 2. The molecule has 12 nitrogen and oxygen atoms in total. The number of hydrogen-bond donors (Lipinski definition) is 2. The van der Waals surface area contributed by atoms with Crippen LogP contribution in [0.15, 0.2) is 41.6 Å². The van der Waals surface area contributed by atoms with Gasteiger partial charge in [0.15, 0.2) is 5.82 Å². The molecule has 3 aromatic rings. The van der Waals surface area contributed by atoms with Crippen LogP contribution in [0.1, 0.15) is 25.7 Å². The maximum Gasteiger partial charge on any atom is 0.275 e. The van der Waals surface area contributed by atoms with Gasteiger partial charge >= 0.3 is 0 Å². The Bertz CT molecular complexity index is 1730. The number of nitrogens with zero attached hydrogens (tertiary/aromatic N) is 6. The van der Waals surface area contributed by atoms with Crippen LogP contribution in [0.4, 0.5) is 24.7 Å². The van der Waals surface area contributed by atoms with Crippen molar-refractivity contribution in [2.24, 2.45) is 5.41 Å². The lowest BCUT2D eigenvalue weighted by Crippen LogP contribution is -2.58. The van der Waals surface area contributed by atoms with E-state index in [1.807, 2.05) is 0 Å². The number of alkyl halides is 2. The maximum absolute atomic E-state index is 14.5. The molecule has 2 aromatic heterocycles. The minimum atomic E-state index is -4.50. The first kappa shape index (κ1) is 28.8. The quantitative estimate of drug-likeness (QED) is 0.364. The summed E-state index contributed by atoms with van der Waals surface area (Å²) in [6, 6.07) is 4.93. The van der Waals surface area contributed by atoms with Crippen LogP contribution in [0.25, 0.3) is 16.9 Å². The Morgan fingerprint density at radius 3 is 2.38 bits per heavy atom. The highest BCUT2D eigenvalue weighted by Crippen LogP contribution is 2.54. The first-order valence-electron chi connectivity index (χ1n) is 13.3. The molecule has 3 fully saturated rings. The molecule has 0 unspecified atom stereocenters. The minimum Gasteiger partial charge on any atom is -0.395 e. The Labute approximate surface area is 240 Å². The second kappa shape index (κ2) is 10.2. The SMILES string of the molecule is O=S(=O)(CCO)Nc1ncc(-c2cn(-c3ccc(F)c(S(=O)(=O)N4CC(F)(F)C4)c3)nn2)cc1N1CCC2(CC1)CC2. The first-order chi connectivity index (χ1) is 19.8. The van der Waals surface area contributed by atoms with Gasteiger partial charge in [-0.2, -0.15) is 4.31 Å². The Kier molecular flexibility index (Phi) is 6.98. The zero-order chi connectivity index (χ0) is 29.9. The normalized spacial score (nSPS) is 20.0. The third kappa shape index (κ3) is 5.57. The number of aliphatic hydroxyl groups is 1. The van der Waals surface area contributed by atoms with E-state index in [9.17, 15) is 30.0 Å². The van der Waals surface area contributed by atoms with E-state index >= 15 is 0 Å². The van der Waals surface area contributed by atoms with E-state index < -0.39 is 62.1 Å². The predicted molar refractivity (Wildman–Crippen MR) is 146 cm³/mol. The average molecular weight is 628 g/mol. The van der Waals surface area contributed by atoms with Gasteiger partial charge in [-0.05, 0) is 55.4 Å². The Morgan fingerprint density at radius 1 is 1.02 bits per heavy atom. The average Bonchev–Trinajstić information content (AvgIpc) is 3.48. The highest BCUT2D eigenvalue weighted by molar-refractivity contribution is 7.92. The van der Waals surface area contributed by atoms with Crippen molar-refractivity contribution in [2.45, 2.75) is 36.5 Å². The fourth-order valence-electron chi connectivity index (χ4n) is 5.26. The van der Waals surface area contributed by atoms with Gasteiger partial charge in [-0.15, -0.1) is 5.10 Å². The van der Waals surface area contributed by atoms with Crippen molar-refractivity contribution in [3.63, 3.8) is 0 Å². The van der Waals surface area contributed by atoms with Crippen LogP contribution < -0.4 is 9.62 Å². The molecule has 1 aromatic carbocycles. The second-order valence-electron chi connectivity index (χ2n) is 11.0. The van der Waals surface area contributed by atoms with E-state index in [2.05, 4.69) is 24.9 Å². The molecule has 0 amide bonds. The summed E-state index contributed by atoms with van der Waals surface area (Å²) >= 11 is 0. The van der Waals surface area contributed by atoms with Crippen molar-refractivity contribution >= 4 is 31.6 Å². The van der Waals surface area contributed by atoms with E-state index in [-0.39, 0.29) is 11.5 Å². The standard InChI is InChI=1S/C25H28F3N7O5S2/c26-19-2-1-18(12-22(19)42(39,40)34-15-25(27,28)16-34)35-14-20(30-32-35)17-11-21(33-7-5-24(3-4-24)6-8-33)23(29-13-17)31-41(37,38)10-9-36/h1-2,11-14,36H,3-10,15-16H2,(H,29,31). The molecule has 0 atom stereocenters. The summed E-state index contributed by atoms with van der Waals surface area (Å²) in [5.74, 6) is -4.60. The van der Waals surface area contributed by atoms with Crippen LogP contribution >= 0.6 is 0 Å². The van der Waals surface area contributed by atoms with Crippen LogP contribution in [0.2, 0.25) is 0 Å². The number of halogens is 3. The molecule has 2 saturated heterocycles. The summed E-state index contributed by atoms with van der Waals surface area (Å²) < 4.78 is 95.7. The van der Waals surface area contributed by atoms with Crippen LogP contribution in [0, 0.1) is 11.2 Å². The molecule has 0 bridgehead atoms.